The Balaban J connectivity index is 1.67. The SMILES string of the molecule is CCN(CC)S(=O)(=O)c1ccc(N2CCOCC2)c(NC(=O)c2cnn(-c3ccccc3)n2)c1. The first-order valence-electron chi connectivity index (χ1n) is 11.2. The van der Waals surface area contributed by atoms with Crippen molar-refractivity contribution in [3.05, 3.63) is 60.4 Å². The molecule has 0 bridgehead atoms. The number of nitrogens with one attached hydrogen (secondary N) is 1. The summed E-state index contributed by atoms with van der Waals surface area (Å²) in [4.78, 5) is 16.6. The predicted octanol–water partition coefficient (Wildman–Crippen LogP) is 2.39. The molecule has 1 saturated heterocycles. The summed E-state index contributed by atoms with van der Waals surface area (Å²) >= 11 is 0. The number of para-hydroxylation sites is 1. The highest BCUT2D eigenvalue weighted by Crippen LogP contribution is 2.31. The van der Waals surface area contributed by atoms with Gasteiger partial charge in [-0.05, 0) is 30.3 Å². The molecule has 0 unspecified atom stereocenters. The molecule has 10 nitrogen and oxygen atoms in total. The van der Waals surface area contributed by atoms with Gasteiger partial charge in [0.1, 0.15) is 0 Å². The zero-order valence-electron chi connectivity index (χ0n) is 19.2. The average Bonchev–Trinajstić information content (AvgIpc) is 3.36. The first kappa shape index (κ1) is 23.9. The van der Waals surface area contributed by atoms with Crippen LogP contribution in [0.5, 0.6) is 0 Å². The number of carbonyl (C=O) groups is 1. The molecule has 1 amide bonds. The number of hydrogen-bond acceptors (Lipinski definition) is 7. The zero-order chi connectivity index (χ0) is 24.1. The van der Waals surface area contributed by atoms with Crippen LogP contribution in [0.1, 0.15) is 24.3 Å². The summed E-state index contributed by atoms with van der Waals surface area (Å²) in [6, 6.07) is 14.1. The Kier molecular flexibility index (Phi) is 7.25. The van der Waals surface area contributed by atoms with Crippen LogP contribution in [0.4, 0.5) is 11.4 Å². The molecule has 180 valence electrons. The molecule has 1 N–H and O–H groups in total. The van der Waals surface area contributed by atoms with E-state index in [1.165, 1.54) is 21.4 Å². The third-order valence-corrected chi connectivity index (χ3v) is 7.67. The van der Waals surface area contributed by atoms with E-state index in [2.05, 4.69) is 20.4 Å². The molecular weight excluding hydrogens is 456 g/mol. The number of nitrogens with zero attached hydrogens (tertiary/aromatic N) is 5. The van der Waals surface area contributed by atoms with Gasteiger partial charge < -0.3 is 15.0 Å². The number of rotatable bonds is 8. The van der Waals surface area contributed by atoms with Crippen LogP contribution >= 0.6 is 0 Å². The van der Waals surface area contributed by atoms with E-state index < -0.39 is 15.9 Å². The zero-order valence-corrected chi connectivity index (χ0v) is 20.0. The molecule has 0 radical (unpaired) electrons. The van der Waals surface area contributed by atoms with Gasteiger partial charge in [0.15, 0.2) is 5.69 Å². The number of amides is 1. The predicted molar refractivity (Wildman–Crippen MR) is 129 cm³/mol. The number of ether oxygens (including phenoxy) is 1. The van der Waals surface area contributed by atoms with Crippen molar-refractivity contribution in [1.29, 1.82) is 0 Å². The topological polar surface area (TPSA) is 110 Å². The number of benzene rings is 2. The number of morpholine rings is 1. The summed E-state index contributed by atoms with van der Waals surface area (Å²) in [6.45, 7) is 6.67. The van der Waals surface area contributed by atoms with Crippen molar-refractivity contribution in [2.75, 3.05) is 49.6 Å². The third-order valence-electron chi connectivity index (χ3n) is 5.62. The highest BCUT2D eigenvalue weighted by molar-refractivity contribution is 7.89. The van der Waals surface area contributed by atoms with Crippen molar-refractivity contribution in [2.45, 2.75) is 18.7 Å². The van der Waals surface area contributed by atoms with Crippen molar-refractivity contribution in [1.82, 2.24) is 19.3 Å². The summed E-state index contributed by atoms with van der Waals surface area (Å²) in [6.07, 6.45) is 1.38. The second kappa shape index (κ2) is 10.3. The summed E-state index contributed by atoms with van der Waals surface area (Å²) in [5.74, 6) is -0.478. The smallest absolute Gasteiger partial charge is 0.277 e. The molecule has 0 atom stereocenters. The molecule has 2 heterocycles. The Morgan fingerprint density at radius 1 is 1.09 bits per heavy atom. The molecule has 0 spiro atoms. The highest BCUT2D eigenvalue weighted by Gasteiger charge is 2.25. The van der Waals surface area contributed by atoms with Gasteiger partial charge in [0.05, 0.1) is 41.4 Å². The van der Waals surface area contributed by atoms with E-state index in [1.807, 2.05) is 30.3 Å². The first-order chi connectivity index (χ1) is 16.4. The molecule has 1 aliphatic rings. The molecule has 1 aliphatic heterocycles. The minimum Gasteiger partial charge on any atom is -0.378 e. The minimum atomic E-state index is -3.70. The van der Waals surface area contributed by atoms with E-state index >= 15 is 0 Å². The molecule has 4 rings (SSSR count). The Hall–Kier alpha value is -3.28. The summed E-state index contributed by atoms with van der Waals surface area (Å²) in [5, 5.41) is 11.3. The molecular formula is C23H28N6O4S. The molecule has 11 heteroatoms. The number of carbonyl (C=O) groups excluding carboxylic acids is 1. The fraction of sp³-hybridized carbons (Fsp3) is 0.348. The number of hydrogen-bond donors (Lipinski definition) is 1. The monoisotopic (exact) mass is 484 g/mol. The van der Waals surface area contributed by atoms with Crippen LogP contribution in [-0.4, -0.2) is 73.0 Å². The van der Waals surface area contributed by atoms with E-state index in [1.54, 1.807) is 26.0 Å². The largest absolute Gasteiger partial charge is 0.378 e. The van der Waals surface area contributed by atoms with E-state index in [9.17, 15) is 13.2 Å². The fourth-order valence-corrected chi connectivity index (χ4v) is 5.29. The minimum absolute atomic E-state index is 0.119. The highest BCUT2D eigenvalue weighted by atomic mass is 32.2. The summed E-state index contributed by atoms with van der Waals surface area (Å²) in [5.41, 5.74) is 1.97. The second-order valence-electron chi connectivity index (χ2n) is 7.68. The lowest BCUT2D eigenvalue weighted by molar-refractivity contribution is 0.102. The van der Waals surface area contributed by atoms with Gasteiger partial charge in [-0.2, -0.15) is 14.2 Å². The molecule has 34 heavy (non-hydrogen) atoms. The Morgan fingerprint density at radius 3 is 2.47 bits per heavy atom. The Labute approximate surface area is 199 Å². The van der Waals surface area contributed by atoms with E-state index in [-0.39, 0.29) is 10.6 Å². The quantitative estimate of drug-likeness (QED) is 0.523. The summed E-state index contributed by atoms with van der Waals surface area (Å²) in [7, 11) is -3.70. The van der Waals surface area contributed by atoms with Crippen LogP contribution in [0.15, 0.2) is 59.6 Å². The van der Waals surface area contributed by atoms with E-state index in [0.29, 0.717) is 45.1 Å². The number of sulfonamides is 1. The Bertz CT molecular complexity index is 1240. The van der Waals surface area contributed by atoms with Crippen molar-refractivity contribution in [3.8, 4) is 5.69 Å². The van der Waals surface area contributed by atoms with Crippen LogP contribution in [-0.2, 0) is 14.8 Å². The van der Waals surface area contributed by atoms with Gasteiger partial charge in [0.2, 0.25) is 10.0 Å². The average molecular weight is 485 g/mol. The van der Waals surface area contributed by atoms with Gasteiger partial charge in [-0.3, -0.25) is 4.79 Å². The van der Waals surface area contributed by atoms with Crippen molar-refractivity contribution >= 4 is 27.3 Å². The number of anilines is 2. The maximum atomic E-state index is 13.1. The maximum Gasteiger partial charge on any atom is 0.277 e. The standard InChI is InChI=1S/C23H28N6O4S/c1-3-28(4-2)34(31,32)19-10-11-22(27-12-14-33-15-13-27)20(16-19)25-23(30)21-17-24-29(26-21)18-8-6-5-7-9-18/h5-11,16-17H,3-4,12-15H2,1-2H3,(H,25,30). The third kappa shape index (κ3) is 4.96. The molecule has 0 saturated carbocycles. The molecule has 1 aromatic heterocycles. The van der Waals surface area contributed by atoms with E-state index in [0.717, 1.165) is 11.4 Å². The second-order valence-corrected chi connectivity index (χ2v) is 9.61. The summed E-state index contributed by atoms with van der Waals surface area (Å²) < 4.78 is 33.0. The van der Waals surface area contributed by atoms with Gasteiger partial charge >= 0.3 is 0 Å². The van der Waals surface area contributed by atoms with Crippen molar-refractivity contribution in [3.63, 3.8) is 0 Å². The molecule has 0 aliphatic carbocycles. The fourth-order valence-electron chi connectivity index (χ4n) is 3.81. The van der Waals surface area contributed by atoms with Gasteiger partial charge in [-0.1, -0.05) is 32.0 Å². The van der Waals surface area contributed by atoms with Crippen molar-refractivity contribution in [2.24, 2.45) is 0 Å². The van der Waals surface area contributed by atoms with Crippen LogP contribution in [0.2, 0.25) is 0 Å². The molecule has 2 aromatic carbocycles. The molecule has 1 fully saturated rings. The van der Waals surface area contributed by atoms with Gasteiger partial charge in [0.25, 0.3) is 5.91 Å². The number of aromatic nitrogens is 3. The van der Waals surface area contributed by atoms with Gasteiger partial charge in [-0.15, -0.1) is 5.10 Å². The van der Waals surface area contributed by atoms with Crippen molar-refractivity contribution < 1.29 is 17.9 Å². The normalized spacial score (nSPS) is 14.4. The maximum absolute atomic E-state index is 13.1. The first-order valence-corrected chi connectivity index (χ1v) is 12.6. The lowest BCUT2D eigenvalue weighted by Gasteiger charge is -2.31. The molecule has 3 aromatic rings. The van der Waals surface area contributed by atoms with Crippen LogP contribution in [0, 0.1) is 0 Å². The van der Waals surface area contributed by atoms with E-state index in [4.69, 9.17) is 4.74 Å². The van der Waals surface area contributed by atoms with Crippen LogP contribution < -0.4 is 10.2 Å². The van der Waals surface area contributed by atoms with Gasteiger partial charge in [0, 0.05) is 26.2 Å². The van der Waals surface area contributed by atoms with Gasteiger partial charge in [-0.25, -0.2) is 8.42 Å². The Morgan fingerprint density at radius 2 is 1.79 bits per heavy atom. The lowest BCUT2D eigenvalue weighted by Crippen LogP contribution is -2.37. The van der Waals surface area contributed by atoms with Crippen LogP contribution in [0.25, 0.3) is 5.69 Å². The lowest BCUT2D eigenvalue weighted by atomic mass is 10.2. The van der Waals surface area contributed by atoms with Crippen LogP contribution in [0.3, 0.4) is 0 Å².